The van der Waals surface area contributed by atoms with Crippen molar-refractivity contribution in [1.29, 1.82) is 5.41 Å². The van der Waals surface area contributed by atoms with Crippen LogP contribution in [0.2, 0.25) is 0 Å². The molecule has 0 bridgehead atoms. The first-order valence-corrected chi connectivity index (χ1v) is 8.39. The lowest BCUT2D eigenvalue weighted by molar-refractivity contribution is 0.398. The van der Waals surface area contributed by atoms with Crippen molar-refractivity contribution in [2.75, 3.05) is 7.11 Å². The molecular formula is C20H16N6O2. The Bertz CT molecular complexity index is 1160. The summed E-state index contributed by atoms with van der Waals surface area (Å²) in [5.41, 5.74) is 4.70. The molecule has 0 aliphatic rings. The van der Waals surface area contributed by atoms with Gasteiger partial charge in [-0.1, -0.05) is 29.5 Å². The fraction of sp³-hybridized carbons (Fsp3) is 0.0500. The zero-order chi connectivity index (χ0) is 19.5. The third kappa shape index (κ3) is 3.18. The van der Waals surface area contributed by atoms with E-state index in [0.29, 0.717) is 22.8 Å². The summed E-state index contributed by atoms with van der Waals surface area (Å²) in [5, 5.41) is 14.4. The number of hydrogen-bond donors (Lipinski definition) is 2. The Morgan fingerprint density at radius 3 is 2.54 bits per heavy atom. The van der Waals surface area contributed by atoms with E-state index in [1.165, 1.54) is 0 Å². The van der Waals surface area contributed by atoms with Gasteiger partial charge in [0.2, 0.25) is 5.88 Å². The summed E-state index contributed by atoms with van der Waals surface area (Å²) < 4.78 is 11.2. The molecule has 3 heterocycles. The monoisotopic (exact) mass is 372 g/mol. The van der Waals surface area contributed by atoms with Gasteiger partial charge in [0, 0.05) is 46.8 Å². The van der Waals surface area contributed by atoms with Gasteiger partial charge in [0.15, 0.2) is 11.4 Å². The van der Waals surface area contributed by atoms with Gasteiger partial charge in [-0.25, -0.2) is 4.98 Å². The Labute approximate surface area is 160 Å². The summed E-state index contributed by atoms with van der Waals surface area (Å²) in [5.74, 6) is 6.21. The number of nitrogens with one attached hydrogen (secondary N) is 1. The second kappa shape index (κ2) is 7.28. The predicted molar refractivity (Wildman–Crippen MR) is 105 cm³/mol. The molecule has 1 aromatic carbocycles. The third-order valence-electron chi connectivity index (χ3n) is 4.27. The largest absolute Gasteiger partial charge is 0.481 e. The van der Waals surface area contributed by atoms with Crippen LogP contribution in [0.25, 0.3) is 33.6 Å². The maximum atomic E-state index is 7.76. The Morgan fingerprint density at radius 1 is 1.07 bits per heavy atom. The summed E-state index contributed by atoms with van der Waals surface area (Å²) in [7, 11) is 1.58. The maximum Gasteiger partial charge on any atom is 0.212 e. The molecule has 0 aliphatic heterocycles. The smallest absolute Gasteiger partial charge is 0.212 e. The van der Waals surface area contributed by atoms with E-state index in [-0.39, 0.29) is 5.84 Å². The minimum atomic E-state index is -0.00499. The topological polar surface area (TPSA) is 123 Å². The molecule has 0 unspecified atom stereocenters. The number of pyridine rings is 2. The first-order valence-electron chi connectivity index (χ1n) is 8.39. The Hall–Kier alpha value is -4.07. The number of fused-ring (bicyclic) bond motifs is 1. The van der Waals surface area contributed by atoms with Gasteiger partial charge in [-0.3, -0.25) is 10.4 Å². The van der Waals surface area contributed by atoms with Crippen molar-refractivity contribution in [3.63, 3.8) is 0 Å². The summed E-state index contributed by atoms with van der Waals surface area (Å²) in [4.78, 5) is 8.66. The minimum Gasteiger partial charge on any atom is -0.481 e. The van der Waals surface area contributed by atoms with Crippen LogP contribution in [-0.4, -0.2) is 22.9 Å². The lowest BCUT2D eigenvalue weighted by atomic mass is 10.1. The normalized spacial score (nSPS) is 11.2. The van der Waals surface area contributed by atoms with Gasteiger partial charge < -0.3 is 15.0 Å². The van der Waals surface area contributed by atoms with Gasteiger partial charge in [0.25, 0.3) is 0 Å². The van der Waals surface area contributed by atoms with E-state index in [1.807, 2.05) is 30.3 Å². The first-order chi connectivity index (χ1) is 13.7. The molecule has 8 nitrogen and oxygen atoms in total. The van der Waals surface area contributed by atoms with Crippen LogP contribution >= 0.6 is 0 Å². The number of nitrogens with zero attached hydrogens (tertiary/aromatic N) is 4. The molecule has 8 heteroatoms. The van der Waals surface area contributed by atoms with Crippen LogP contribution in [0.3, 0.4) is 0 Å². The molecule has 3 aromatic heterocycles. The highest BCUT2D eigenvalue weighted by Gasteiger charge is 2.13. The number of amidine groups is 1. The SMILES string of the molecule is COc1ccc(-c2ccnc3cc(-c4ccc(C(=N)/N=N\N)cc4)oc23)cn1. The Morgan fingerprint density at radius 2 is 1.86 bits per heavy atom. The molecule has 4 aromatic rings. The number of nitrogens with two attached hydrogens (primary N) is 1. The van der Waals surface area contributed by atoms with Crippen molar-refractivity contribution in [2.24, 2.45) is 16.2 Å². The van der Waals surface area contributed by atoms with Gasteiger partial charge in [0.1, 0.15) is 11.3 Å². The van der Waals surface area contributed by atoms with Crippen molar-refractivity contribution in [2.45, 2.75) is 0 Å². The standard InChI is InChI=1S/C20H16N6O2/c1-27-18-7-6-14(11-24-18)15-8-9-23-16-10-17(28-19(15)16)12-2-4-13(5-3-12)20(21)25-26-22/h2-11H,1H3,(H3,21,22,25). The molecule has 0 fully saturated rings. The molecule has 0 saturated carbocycles. The van der Waals surface area contributed by atoms with Crippen LogP contribution in [0.4, 0.5) is 0 Å². The number of hydrogen-bond acceptors (Lipinski definition) is 6. The molecule has 28 heavy (non-hydrogen) atoms. The van der Waals surface area contributed by atoms with E-state index in [0.717, 1.165) is 22.2 Å². The number of methoxy groups -OCH3 is 1. The van der Waals surface area contributed by atoms with Crippen LogP contribution < -0.4 is 10.6 Å². The second-order valence-corrected chi connectivity index (χ2v) is 5.91. The van der Waals surface area contributed by atoms with Gasteiger partial charge in [-0.15, -0.1) is 5.11 Å². The van der Waals surface area contributed by atoms with Crippen molar-refractivity contribution in [3.8, 4) is 28.3 Å². The van der Waals surface area contributed by atoms with E-state index in [2.05, 4.69) is 20.3 Å². The number of furan rings is 1. The van der Waals surface area contributed by atoms with E-state index in [4.69, 9.17) is 20.4 Å². The fourth-order valence-electron chi connectivity index (χ4n) is 2.88. The van der Waals surface area contributed by atoms with Gasteiger partial charge in [-0.05, 0) is 12.1 Å². The average Bonchev–Trinajstić information content (AvgIpc) is 3.18. The quantitative estimate of drug-likeness (QED) is 0.183. The molecule has 0 aliphatic carbocycles. The molecule has 4 rings (SSSR count). The number of benzene rings is 1. The minimum absolute atomic E-state index is 0.00499. The maximum absolute atomic E-state index is 7.76. The van der Waals surface area contributed by atoms with E-state index >= 15 is 0 Å². The summed E-state index contributed by atoms with van der Waals surface area (Å²) in [6, 6.07) is 14.7. The summed E-state index contributed by atoms with van der Waals surface area (Å²) in [6.45, 7) is 0. The van der Waals surface area contributed by atoms with Crippen LogP contribution in [0, 0.1) is 5.41 Å². The van der Waals surface area contributed by atoms with E-state index in [1.54, 1.807) is 37.7 Å². The average molecular weight is 372 g/mol. The molecule has 0 saturated heterocycles. The van der Waals surface area contributed by atoms with E-state index < -0.39 is 0 Å². The zero-order valence-corrected chi connectivity index (χ0v) is 15.0. The zero-order valence-electron chi connectivity index (χ0n) is 15.0. The van der Waals surface area contributed by atoms with Gasteiger partial charge in [-0.2, -0.15) is 0 Å². The first kappa shape index (κ1) is 17.3. The lowest BCUT2D eigenvalue weighted by Gasteiger charge is -2.03. The van der Waals surface area contributed by atoms with Crippen LogP contribution in [-0.2, 0) is 0 Å². The van der Waals surface area contributed by atoms with E-state index in [9.17, 15) is 0 Å². The van der Waals surface area contributed by atoms with Crippen molar-refractivity contribution >= 4 is 16.9 Å². The highest BCUT2D eigenvalue weighted by Crippen LogP contribution is 2.33. The number of aromatic nitrogens is 2. The van der Waals surface area contributed by atoms with Crippen molar-refractivity contribution in [3.05, 3.63) is 66.5 Å². The number of rotatable bonds is 4. The molecule has 0 spiro atoms. The molecular weight excluding hydrogens is 356 g/mol. The Kier molecular flexibility index (Phi) is 4.51. The molecule has 0 amide bonds. The Balaban J connectivity index is 1.73. The van der Waals surface area contributed by atoms with Crippen LogP contribution in [0.15, 0.2) is 75.7 Å². The lowest BCUT2D eigenvalue weighted by Crippen LogP contribution is -1.94. The van der Waals surface area contributed by atoms with Gasteiger partial charge in [0.05, 0.1) is 7.11 Å². The van der Waals surface area contributed by atoms with Crippen LogP contribution in [0.1, 0.15) is 5.56 Å². The molecule has 138 valence electrons. The molecule has 0 radical (unpaired) electrons. The summed E-state index contributed by atoms with van der Waals surface area (Å²) in [6.07, 6.45) is 3.48. The highest BCUT2D eigenvalue weighted by molar-refractivity contribution is 5.97. The number of ether oxygens (including phenoxy) is 1. The van der Waals surface area contributed by atoms with Gasteiger partial charge >= 0.3 is 0 Å². The fourth-order valence-corrected chi connectivity index (χ4v) is 2.88. The summed E-state index contributed by atoms with van der Waals surface area (Å²) >= 11 is 0. The van der Waals surface area contributed by atoms with Crippen molar-refractivity contribution < 1.29 is 9.15 Å². The predicted octanol–water partition coefficient (Wildman–Crippen LogP) is 4.22. The molecule has 0 atom stereocenters. The van der Waals surface area contributed by atoms with Crippen LogP contribution in [0.5, 0.6) is 5.88 Å². The highest BCUT2D eigenvalue weighted by atomic mass is 16.5. The molecule has 3 N–H and O–H groups in total. The van der Waals surface area contributed by atoms with Crippen molar-refractivity contribution in [1.82, 2.24) is 9.97 Å². The third-order valence-corrected chi connectivity index (χ3v) is 4.27. The second-order valence-electron chi connectivity index (χ2n) is 5.91.